The second kappa shape index (κ2) is 3.85. The van der Waals surface area contributed by atoms with Gasteiger partial charge in [0.1, 0.15) is 6.20 Å². The van der Waals surface area contributed by atoms with E-state index in [1.807, 2.05) is 0 Å². The van der Waals surface area contributed by atoms with Crippen LogP contribution >= 0.6 is 12.4 Å². The lowest BCUT2D eigenvalue weighted by Gasteiger charge is -1.92. The van der Waals surface area contributed by atoms with Crippen molar-refractivity contribution >= 4 is 24.1 Å². The van der Waals surface area contributed by atoms with Gasteiger partial charge in [0.05, 0.1) is 4.92 Å². The van der Waals surface area contributed by atoms with Crippen LogP contribution < -0.4 is 0 Å². The van der Waals surface area contributed by atoms with Crippen LogP contribution in [0.1, 0.15) is 10.5 Å². The van der Waals surface area contributed by atoms with Crippen LogP contribution in [0.4, 0.5) is 5.69 Å². The Morgan fingerprint density at radius 3 is 2.62 bits per heavy atom. The Bertz CT molecular complexity index is 348. The fourth-order valence-electron chi connectivity index (χ4n) is 0.808. The molecule has 0 aliphatic rings. The van der Waals surface area contributed by atoms with Crippen LogP contribution in [-0.2, 0) is 7.05 Å². The van der Waals surface area contributed by atoms with Crippen molar-refractivity contribution in [3.63, 3.8) is 0 Å². The molecule has 1 N–H and O–H groups in total. The number of rotatable bonds is 2. The van der Waals surface area contributed by atoms with Crippen LogP contribution in [-0.4, -0.2) is 25.8 Å². The Labute approximate surface area is 78.5 Å². The molecule has 1 heterocycles. The molecule has 13 heavy (non-hydrogen) atoms. The van der Waals surface area contributed by atoms with Gasteiger partial charge in [-0.05, 0) is 0 Å². The standard InChI is InChI=1S/C5H5N3O4.ClH/c1-7-4(5(9)10)3(2-6-7)8(11)12;/h2H,1H3,(H,9,10);1H. The molecule has 0 radical (unpaired) electrons. The lowest BCUT2D eigenvalue weighted by Crippen LogP contribution is -2.07. The van der Waals surface area contributed by atoms with Gasteiger partial charge in [0, 0.05) is 7.05 Å². The van der Waals surface area contributed by atoms with Gasteiger partial charge in [-0.3, -0.25) is 14.8 Å². The molecule has 72 valence electrons. The number of carboxylic acids is 1. The van der Waals surface area contributed by atoms with Gasteiger partial charge in [0.15, 0.2) is 0 Å². The molecule has 0 aliphatic carbocycles. The van der Waals surface area contributed by atoms with Crippen LogP contribution in [0, 0.1) is 10.1 Å². The minimum absolute atomic E-state index is 0. The van der Waals surface area contributed by atoms with Crippen molar-refractivity contribution in [1.82, 2.24) is 9.78 Å². The maximum atomic E-state index is 10.4. The van der Waals surface area contributed by atoms with Crippen molar-refractivity contribution in [3.05, 3.63) is 22.0 Å². The number of nitro groups is 1. The molecule has 0 unspecified atom stereocenters. The molecule has 1 rings (SSSR count). The summed E-state index contributed by atoms with van der Waals surface area (Å²) in [6.45, 7) is 0. The first-order valence-corrected chi connectivity index (χ1v) is 2.93. The molecule has 7 nitrogen and oxygen atoms in total. The summed E-state index contributed by atoms with van der Waals surface area (Å²) >= 11 is 0. The molecule has 0 saturated heterocycles. The summed E-state index contributed by atoms with van der Waals surface area (Å²) in [6, 6.07) is 0. The highest BCUT2D eigenvalue weighted by Crippen LogP contribution is 2.15. The molecule has 0 bridgehead atoms. The number of hydrogen-bond donors (Lipinski definition) is 1. The van der Waals surface area contributed by atoms with Crippen molar-refractivity contribution < 1.29 is 14.8 Å². The highest BCUT2D eigenvalue weighted by Gasteiger charge is 2.24. The van der Waals surface area contributed by atoms with Gasteiger partial charge in [-0.1, -0.05) is 0 Å². The van der Waals surface area contributed by atoms with E-state index in [2.05, 4.69) is 5.10 Å². The quantitative estimate of drug-likeness (QED) is 0.561. The number of carbonyl (C=O) groups is 1. The predicted molar refractivity (Wildman–Crippen MR) is 44.1 cm³/mol. The molecule has 0 atom stereocenters. The summed E-state index contributed by atoms with van der Waals surface area (Å²) in [4.78, 5) is 19.9. The number of nitrogens with zero attached hydrogens (tertiary/aromatic N) is 3. The minimum Gasteiger partial charge on any atom is -0.476 e. The van der Waals surface area contributed by atoms with E-state index < -0.39 is 22.3 Å². The third kappa shape index (κ3) is 1.94. The Hall–Kier alpha value is -1.63. The first kappa shape index (κ1) is 11.4. The van der Waals surface area contributed by atoms with Gasteiger partial charge >= 0.3 is 11.7 Å². The number of carboxylic acid groups (broad SMARTS) is 1. The number of aromatic carboxylic acids is 1. The van der Waals surface area contributed by atoms with E-state index in [-0.39, 0.29) is 12.4 Å². The predicted octanol–water partition coefficient (Wildman–Crippen LogP) is 0.448. The molecular weight excluding hydrogens is 202 g/mol. The lowest BCUT2D eigenvalue weighted by atomic mass is 10.4. The molecular formula is C5H6ClN3O4. The molecule has 0 fully saturated rings. The van der Waals surface area contributed by atoms with E-state index in [0.717, 1.165) is 10.9 Å². The summed E-state index contributed by atoms with van der Waals surface area (Å²) in [7, 11) is 1.33. The summed E-state index contributed by atoms with van der Waals surface area (Å²) in [5.41, 5.74) is -0.912. The van der Waals surface area contributed by atoms with Gasteiger partial charge in [0.2, 0.25) is 5.69 Å². The Morgan fingerprint density at radius 2 is 2.31 bits per heavy atom. The van der Waals surface area contributed by atoms with Crippen molar-refractivity contribution in [2.75, 3.05) is 0 Å². The molecule has 0 amide bonds. The van der Waals surface area contributed by atoms with Gasteiger partial charge in [-0.15, -0.1) is 12.4 Å². The summed E-state index contributed by atoms with van der Waals surface area (Å²) in [5, 5.41) is 22.2. The van der Waals surface area contributed by atoms with Gasteiger partial charge in [-0.2, -0.15) is 5.10 Å². The van der Waals surface area contributed by atoms with Crippen molar-refractivity contribution in [1.29, 1.82) is 0 Å². The number of halogens is 1. The Balaban J connectivity index is 0.00000144. The summed E-state index contributed by atoms with van der Waals surface area (Å²) < 4.78 is 0.945. The Kier molecular flexibility index (Phi) is 3.37. The second-order valence-corrected chi connectivity index (χ2v) is 2.06. The fraction of sp³-hybridized carbons (Fsp3) is 0.200. The van der Waals surface area contributed by atoms with Crippen molar-refractivity contribution in [2.45, 2.75) is 0 Å². The Morgan fingerprint density at radius 1 is 1.77 bits per heavy atom. The molecule has 0 aromatic carbocycles. The maximum Gasteiger partial charge on any atom is 0.361 e. The zero-order valence-corrected chi connectivity index (χ0v) is 7.32. The molecule has 0 saturated carbocycles. The van der Waals surface area contributed by atoms with Crippen LogP contribution in [0.15, 0.2) is 6.20 Å². The SMILES string of the molecule is Cl.Cn1ncc([N+](=O)[O-])c1C(=O)O. The van der Waals surface area contributed by atoms with E-state index in [1.54, 1.807) is 0 Å². The number of aromatic nitrogens is 2. The summed E-state index contributed by atoms with van der Waals surface area (Å²) in [6.07, 6.45) is 0.906. The van der Waals surface area contributed by atoms with E-state index in [1.165, 1.54) is 7.05 Å². The van der Waals surface area contributed by atoms with E-state index in [4.69, 9.17) is 5.11 Å². The van der Waals surface area contributed by atoms with Crippen LogP contribution in [0.2, 0.25) is 0 Å². The first-order chi connectivity index (χ1) is 5.54. The van der Waals surface area contributed by atoms with Crippen LogP contribution in [0.5, 0.6) is 0 Å². The van der Waals surface area contributed by atoms with Crippen molar-refractivity contribution in [3.8, 4) is 0 Å². The summed E-state index contributed by atoms with van der Waals surface area (Å²) in [5.74, 6) is -1.36. The molecule has 1 aromatic heterocycles. The highest BCUT2D eigenvalue weighted by molar-refractivity contribution is 5.90. The molecule has 0 spiro atoms. The van der Waals surface area contributed by atoms with Gasteiger partial charge in [0.25, 0.3) is 0 Å². The highest BCUT2D eigenvalue weighted by atomic mass is 35.5. The molecule has 8 heteroatoms. The zero-order chi connectivity index (χ0) is 9.30. The third-order valence-corrected chi connectivity index (χ3v) is 1.32. The third-order valence-electron chi connectivity index (χ3n) is 1.32. The number of hydrogen-bond acceptors (Lipinski definition) is 4. The fourth-order valence-corrected chi connectivity index (χ4v) is 0.808. The monoisotopic (exact) mass is 207 g/mol. The maximum absolute atomic E-state index is 10.4. The first-order valence-electron chi connectivity index (χ1n) is 2.93. The van der Waals surface area contributed by atoms with Crippen molar-refractivity contribution in [2.24, 2.45) is 7.05 Å². The molecule has 1 aromatic rings. The van der Waals surface area contributed by atoms with Crippen LogP contribution in [0.25, 0.3) is 0 Å². The lowest BCUT2D eigenvalue weighted by molar-refractivity contribution is -0.385. The average molecular weight is 208 g/mol. The minimum atomic E-state index is -1.36. The smallest absolute Gasteiger partial charge is 0.361 e. The topological polar surface area (TPSA) is 98.3 Å². The normalized spacial score (nSPS) is 9.00. The van der Waals surface area contributed by atoms with E-state index in [0.29, 0.717) is 0 Å². The zero-order valence-electron chi connectivity index (χ0n) is 6.50. The van der Waals surface area contributed by atoms with E-state index >= 15 is 0 Å². The second-order valence-electron chi connectivity index (χ2n) is 2.06. The average Bonchev–Trinajstić information content (AvgIpc) is 2.30. The number of aryl methyl sites for hydroxylation is 1. The van der Waals surface area contributed by atoms with E-state index in [9.17, 15) is 14.9 Å². The van der Waals surface area contributed by atoms with Crippen LogP contribution in [0.3, 0.4) is 0 Å². The van der Waals surface area contributed by atoms with Gasteiger partial charge in [-0.25, -0.2) is 4.79 Å². The van der Waals surface area contributed by atoms with Gasteiger partial charge < -0.3 is 5.11 Å². The molecule has 0 aliphatic heterocycles. The largest absolute Gasteiger partial charge is 0.476 e.